The van der Waals surface area contributed by atoms with Crippen LogP contribution in [0.4, 0.5) is 0 Å². The van der Waals surface area contributed by atoms with Gasteiger partial charge in [-0.1, -0.05) is 0 Å². The first-order valence-corrected chi connectivity index (χ1v) is 4.64. The van der Waals surface area contributed by atoms with E-state index in [9.17, 15) is 4.79 Å². The lowest BCUT2D eigenvalue weighted by Crippen LogP contribution is -2.21. The molecule has 0 fully saturated rings. The van der Waals surface area contributed by atoms with Gasteiger partial charge < -0.3 is 10.4 Å². The van der Waals surface area contributed by atoms with Crippen LogP contribution in [0, 0.1) is 0 Å². The van der Waals surface area contributed by atoms with E-state index in [4.69, 9.17) is 5.11 Å². The monoisotopic (exact) mass is 183 g/mol. The Morgan fingerprint density at radius 2 is 2.50 bits per heavy atom. The average Bonchev–Trinajstić information content (AvgIpc) is 2.46. The Morgan fingerprint density at radius 3 is 3.17 bits per heavy atom. The zero-order valence-corrected chi connectivity index (χ0v) is 7.28. The highest BCUT2D eigenvalue weighted by atomic mass is 32.1. The number of hydrogen-bond acceptors (Lipinski definition) is 3. The Morgan fingerprint density at radius 1 is 1.67 bits per heavy atom. The third kappa shape index (κ3) is 1.23. The van der Waals surface area contributed by atoms with Gasteiger partial charge in [-0.05, 0) is 24.6 Å². The molecule has 2 N–H and O–H groups in total. The van der Waals surface area contributed by atoms with E-state index in [0.29, 0.717) is 4.88 Å². The van der Waals surface area contributed by atoms with E-state index in [2.05, 4.69) is 5.32 Å². The Balaban J connectivity index is 2.38. The van der Waals surface area contributed by atoms with Crippen LogP contribution in [0.25, 0.3) is 0 Å². The van der Waals surface area contributed by atoms with Gasteiger partial charge in [0.15, 0.2) is 0 Å². The number of hydrogen-bond donors (Lipinski definition) is 2. The Hall–Kier alpha value is -0.870. The number of fused-ring (bicyclic) bond motifs is 1. The number of carboxylic acids is 1. The number of carbonyl (C=O) groups is 1. The second-order valence-electron chi connectivity index (χ2n) is 2.79. The van der Waals surface area contributed by atoms with Crippen molar-refractivity contribution in [2.24, 2.45) is 0 Å². The molecule has 1 aromatic heterocycles. The predicted molar refractivity (Wildman–Crippen MR) is 46.7 cm³/mol. The van der Waals surface area contributed by atoms with Crippen molar-refractivity contribution < 1.29 is 9.90 Å². The van der Waals surface area contributed by atoms with Crippen LogP contribution in [-0.2, 0) is 13.0 Å². The lowest BCUT2D eigenvalue weighted by molar-refractivity contribution is 0.0702. The van der Waals surface area contributed by atoms with Crippen LogP contribution >= 0.6 is 11.3 Å². The van der Waals surface area contributed by atoms with E-state index in [1.165, 1.54) is 21.8 Å². The minimum Gasteiger partial charge on any atom is -0.477 e. The molecular formula is C8H9NO2S. The zero-order chi connectivity index (χ0) is 8.55. The molecule has 0 amide bonds. The van der Waals surface area contributed by atoms with Gasteiger partial charge in [0.05, 0.1) is 0 Å². The molecule has 2 rings (SSSR count). The Kier molecular flexibility index (Phi) is 1.86. The molecule has 1 aliphatic heterocycles. The molecule has 3 nitrogen and oxygen atoms in total. The van der Waals surface area contributed by atoms with Crippen LogP contribution in [-0.4, -0.2) is 17.6 Å². The topological polar surface area (TPSA) is 49.3 Å². The highest BCUT2D eigenvalue weighted by Gasteiger charge is 2.15. The maximum atomic E-state index is 10.6. The summed E-state index contributed by atoms with van der Waals surface area (Å²) in [5, 5.41) is 11.9. The summed E-state index contributed by atoms with van der Waals surface area (Å²) < 4.78 is 0. The molecule has 0 atom stereocenters. The van der Waals surface area contributed by atoms with E-state index in [0.717, 1.165) is 19.5 Å². The molecule has 0 aromatic carbocycles. The molecule has 0 spiro atoms. The lowest BCUT2D eigenvalue weighted by atomic mass is 10.1. The summed E-state index contributed by atoms with van der Waals surface area (Å²) in [6.45, 7) is 1.79. The first kappa shape index (κ1) is 7.76. The van der Waals surface area contributed by atoms with E-state index < -0.39 is 5.97 Å². The number of rotatable bonds is 1. The minimum atomic E-state index is -0.811. The van der Waals surface area contributed by atoms with Crippen molar-refractivity contribution in [3.63, 3.8) is 0 Å². The summed E-state index contributed by atoms with van der Waals surface area (Å²) in [6, 6.07) is 1.79. The number of thiophene rings is 1. The van der Waals surface area contributed by atoms with Crippen LogP contribution in [0.5, 0.6) is 0 Å². The molecule has 2 heterocycles. The van der Waals surface area contributed by atoms with Gasteiger partial charge in [0.2, 0.25) is 0 Å². The lowest BCUT2D eigenvalue weighted by Gasteiger charge is -2.10. The first-order valence-electron chi connectivity index (χ1n) is 3.83. The second kappa shape index (κ2) is 2.88. The quantitative estimate of drug-likeness (QED) is 0.685. The van der Waals surface area contributed by atoms with Crippen LogP contribution in [0.3, 0.4) is 0 Å². The summed E-state index contributed by atoms with van der Waals surface area (Å²) >= 11 is 1.38. The van der Waals surface area contributed by atoms with Crippen LogP contribution in [0.15, 0.2) is 6.07 Å². The summed E-state index contributed by atoms with van der Waals surface area (Å²) in [5.41, 5.74) is 1.20. The molecule has 0 aliphatic carbocycles. The van der Waals surface area contributed by atoms with Crippen molar-refractivity contribution >= 4 is 17.3 Å². The maximum absolute atomic E-state index is 10.6. The Labute approximate surface area is 74.0 Å². The van der Waals surface area contributed by atoms with Crippen LogP contribution in [0.2, 0.25) is 0 Å². The molecule has 4 heteroatoms. The number of carboxylic acid groups (broad SMARTS) is 1. The largest absolute Gasteiger partial charge is 0.477 e. The number of nitrogens with one attached hydrogen (secondary N) is 1. The summed E-state index contributed by atoms with van der Waals surface area (Å²) in [7, 11) is 0. The zero-order valence-electron chi connectivity index (χ0n) is 6.46. The van der Waals surface area contributed by atoms with Gasteiger partial charge in [-0.2, -0.15) is 0 Å². The van der Waals surface area contributed by atoms with E-state index in [1.54, 1.807) is 6.07 Å². The highest BCUT2D eigenvalue weighted by Crippen LogP contribution is 2.24. The predicted octanol–water partition coefficient (Wildman–Crippen LogP) is 1.09. The van der Waals surface area contributed by atoms with Gasteiger partial charge in [0.1, 0.15) is 4.88 Å². The van der Waals surface area contributed by atoms with Crippen molar-refractivity contribution in [3.8, 4) is 0 Å². The van der Waals surface area contributed by atoms with Crippen molar-refractivity contribution in [2.45, 2.75) is 13.0 Å². The molecular weight excluding hydrogens is 174 g/mol. The SMILES string of the molecule is O=C(O)c1cc2c(s1)CNCC2. The third-order valence-corrected chi connectivity index (χ3v) is 3.13. The van der Waals surface area contributed by atoms with Gasteiger partial charge >= 0.3 is 5.97 Å². The standard InChI is InChI=1S/C8H9NO2S/c10-8(11)6-3-5-1-2-9-4-7(5)12-6/h3,9H,1-2,4H2,(H,10,11). The van der Waals surface area contributed by atoms with Crippen molar-refractivity contribution in [2.75, 3.05) is 6.54 Å². The summed E-state index contributed by atoms with van der Waals surface area (Å²) in [5.74, 6) is -0.811. The number of aromatic carboxylic acids is 1. The van der Waals surface area contributed by atoms with E-state index in [1.807, 2.05) is 0 Å². The molecule has 12 heavy (non-hydrogen) atoms. The first-order chi connectivity index (χ1) is 5.77. The van der Waals surface area contributed by atoms with Crippen LogP contribution in [0.1, 0.15) is 20.1 Å². The van der Waals surface area contributed by atoms with E-state index in [-0.39, 0.29) is 0 Å². The van der Waals surface area contributed by atoms with Gasteiger partial charge in [-0.25, -0.2) is 4.79 Å². The van der Waals surface area contributed by atoms with Gasteiger partial charge in [0.25, 0.3) is 0 Å². The van der Waals surface area contributed by atoms with Gasteiger partial charge in [0, 0.05) is 11.4 Å². The molecule has 0 saturated carbocycles. The molecule has 0 bridgehead atoms. The van der Waals surface area contributed by atoms with Crippen molar-refractivity contribution in [3.05, 3.63) is 21.4 Å². The smallest absolute Gasteiger partial charge is 0.345 e. The molecule has 1 aromatic rings. The molecule has 1 aliphatic rings. The third-order valence-electron chi connectivity index (χ3n) is 1.96. The average molecular weight is 183 g/mol. The maximum Gasteiger partial charge on any atom is 0.345 e. The highest BCUT2D eigenvalue weighted by molar-refractivity contribution is 7.14. The summed E-state index contributed by atoms with van der Waals surface area (Å²) in [6.07, 6.45) is 0.957. The van der Waals surface area contributed by atoms with Crippen molar-refractivity contribution in [1.29, 1.82) is 0 Å². The van der Waals surface area contributed by atoms with Gasteiger partial charge in [-0.15, -0.1) is 11.3 Å². The fourth-order valence-electron chi connectivity index (χ4n) is 1.36. The van der Waals surface area contributed by atoms with E-state index >= 15 is 0 Å². The fourth-order valence-corrected chi connectivity index (χ4v) is 2.38. The Bertz CT molecular complexity index is 295. The normalized spacial score (nSPS) is 15.7. The van der Waals surface area contributed by atoms with Gasteiger partial charge in [-0.3, -0.25) is 0 Å². The van der Waals surface area contributed by atoms with Crippen LogP contribution < -0.4 is 5.32 Å². The molecule has 0 unspecified atom stereocenters. The van der Waals surface area contributed by atoms with Crippen molar-refractivity contribution in [1.82, 2.24) is 5.32 Å². The minimum absolute atomic E-state index is 0.462. The summed E-state index contributed by atoms with van der Waals surface area (Å²) in [4.78, 5) is 12.2. The molecule has 64 valence electrons. The molecule has 0 radical (unpaired) electrons. The second-order valence-corrected chi connectivity index (χ2v) is 3.93. The fraction of sp³-hybridized carbons (Fsp3) is 0.375. The molecule has 0 saturated heterocycles.